The highest BCUT2D eigenvalue weighted by Crippen LogP contribution is 2.27. The number of rotatable bonds is 2. The van der Waals surface area contributed by atoms with Gasteiger partial charge in [-0.2, -0.15) is 5.26 Å². The highest BCUT2D eigenvalue weighted by atomic mass is 16.3. The molecule has 1 atom stereocenters. The van der Waals surface area contributed by atoms with Crippen LogP contribution in [-0.4, -0.2) is 57.7 Å². The van der Waals surface area contributed by atoms with Gasteiger partial charge in [0.05, 0.1) is 6.54 Å². The topological polar surface area (TPSA) is 93.3 Å². The molecule has 0 bridgehead atoms. The summed E-state index contributed by atoms with van der Waals surface area (Å²) in [5, 5.41) is 19.9. The summed E-state index contributed by atoms with van der Waals surface area (Å²) in [6.45, 7) is 4.10. The number of piperidine rings is 1. The summed E-state index contributed by atoms with van der Waals surface area (Å²) < 4.78 is 0. The van der Waals surface area contributed by atoms with Crippen molar-refractivity contribution in [3.05, 3.63) is 17.5 Å². The van der Waals surface area contributed by atoms with E-state index in [4.69, 9.17) is 5.26 Å². The Morgan fingerprint density at radius 1 is 1.30 bits per heavy atom. The molecule has 7 nitrogen and oxygen atoms in total. The Morgan fingerprint density at radius 2 is 2.04 bits per heavy atom. The normalized spacial score (nSPS) is 24.6. The van der Waals surface area contributed by atoms with E-state index in [1.54, 1.807) is 17.9 Å². The van der Waals surface area contributed by atoms with Gasteiger partial charge in [0, 0.05) is 25.3 Å². The Bertz CT molecular complexity index is 650. The lowest BCUT2D eigenvalue weighted by Crippen LogP contribution is -2.58. The molecule has 0 aliphatic carbocycles. The molecule has 2 aliphatic rings. The van der Waals surface area contributed by atoms with E-state index >= 15 is 0 Å². The molecular formula is C16H21N5O2. The molecule has 1 amide bonds. The number of carbonyl (C=O) groups is 1. The zero-order valence-corrected chi connectivity index (χ0v) is 13.3. The molecule has 0 aromatic carbocycles. The SMILES string of the molecule is Cc1cc(C#N)nc(N2CCCC(O)(C(=O)N3CCCC3)C2)n1. The van der Waals surface area contributed by atoms with Gasteiger partial charge < -0.3 is 14.9 Å². The molecule has 0 radical (unpaired) electrons. The monoisotopic (exact) mass is 315 g/mol. The number of β-amino-alcohol motifs (C(OH)–C–C–N with tert-alkyl or cyclic N) is 1. The Balaban J connectivity index is 1.81. The van der Waals surface area contributed by atoms with E-state index in [0.29, 0.717) is 36.7 Å². The number of hydrogen-bond donors (Lipinski definition) is 1. The minimum absolute atomic E-state index is 0.177. The predicted molar refractivity (Wildman–Crippen MR) is 83.7 cm³/mol. The van der Waals surface area contributed by atoms with Gasteiger partial charge in [-0.15, -0.1) is 0 Å². The summed E-state index contributed by atoms with van der Waals surface area (Å²) in [5.74, 6) is 0.224. The van der Waals surface area contributed by atoms with E-state index in [9.17, 15) is 9.90 Å². The third kappa shape index (κ3) is 3.13. The predicted octanol–water partition coefficient (Wildman–Crippen LogP) is 0.610. The van der Waals surface area contributed by atoms with Crippen molar-refractivity contribution in [1.29, 1.82) is 5.26 Å². The van der Waals surface area contributed by atoms with E-state index in [-0.39, 0.29) is 12.5 Å². The summed E-state index contributed by atoms with van der Waals surface area (Å²) in [6, 6.07) is 3.64. The van der Waals surface area contributed by atoms with Crippen molar-refractivity contribution in [2.75, 3.05) is 31.1 Å². The summed E-state index contributed by atoms with van der Waals surface area (Å²) in [7, 11) is 0. The third-order valence-corrected chi connectivity index (χ3v) is 4.50. The highest BCUT2D eigenvalue weighted by molar-refractivity contribution is 5.86. The van der Waals surface area contributed by atoms with Gasteiger partial charge in [-0.1, -0.05) is 0 Å². The Hall–Kier alpha value is -2.20. The van der Waals surface area contributed by atoms with Gasteiger partial charge in [0.2, 0.25) is 5.95 Å². The Morgan fingerprint density at radius 3 is 2.74 bits per heavy atom. The lowest BCUT2D eigenvalue weighted by atomic mass is 9.91. The quantitative estimate of drug-likeness (QED) is 0.859. The summed E-state index contributed by atoms with van der Waals surface area (Å²) in [6.07, 6.45) is 3.14. The Kier molecular flexibility index (Phi) is 4.18. The first-order valence-electron chi connectivity index (χ1n) is 8.04. The van der Waals surface area contributed by atoms with Crippen LogP contribution < -0.4 is 4.90 Å². The summed E-state index contributed by atoms with van der Waals surface area (Å²) in [5.41, 5.74) is -0.387. The van der Waals surface area contributed by atoms with Gasteiger partial charge in [-0.3, -0.25) is 4.79 Å². The number of carbonyl (C=O) groups excluding carboxylic acids is 1. The van der Waals surface area contributed by atoms with Crippen molar-refractivity contribution in [2.24, 2.45) is 0 Å². The number of nitrogens with zero attached hydrogens (tertiary/aromatic N) is 5. The summed E-state index contributed by atoms with van der Waals surface area (Å²) >= 11 is 0. The molecular weight excluding hydrogens is 294 g/mol. The smallest absolute Gasteiger partial charge is 0.256 e. The van der Waals surface area contributed by atoms with Gasteiger partial charge in [0.1, 0.15) is 11.8 Å². The fourth-order valence-corrected chi connectivity index (χ4v) is 3.35. The van der Waals surface area contributed by atoms with Gasteiger partial charge in [-0.05, 0) is 38.7 Å². The molecule has 2 fully saturated rings. The first kappa shape index (κ1) is 15.7. The van der Waals surface area contributed by atoms with Crippen molar-refractivity contribution in [1.82, 2.24) is 14.9 Å². The zero-order valence-electron chi connectivity index (χ0n) is 13.3. The molecule has 122 valence electrons. The largest absolute Gasteiger partial charge is 0.378 e. The molecule has 23 heavy (non-hydrogen) atoms. The van der Waals surface area contributed by atoms with E-state index < -0.39 is 5.60 Å². The standard InChI is InChI=1S/C16H21N5O2/c1-12-9-13(10-17)19-15(18-12)21-8-4-5-16(23,11-21)14(22)20-6-2-3-7-20/h9,23H,2-8,11H2,1H3. The first-order valence-corrected chi connectivity index (χ1v) is 8.04. The first-order chi connectivity index (χ1) is 11.0. The lowest BCUT2D eigenvalue weighted by Gasteiger charge is -2.39. The second-order valence-electron chi connectivity index (χ2n) is 6.36. The number of aromatic nitrogens is 2. The lowest BCUT2D eigenvalue weighted by molar-refractivity contribution is -0.151. The zero-order chi connectivity index (χ0) is 16.4. The number of likely N-dealkylation sites (tertiary alicyclic amines) is 1. The number of nitriles is 1. The fraction of sp³-hybridized carbons (Fsp3) is 0.625. The maximum atomic E-state index is 12.6. The van der Waals surface area contributed by atoms with Crippen molar-refractivity contribution in [3.63, 3.8) is 0 Å². The molecule has 0 saturated carbocycles. The number of aryl methyl sites for hydroxylation is 1. The van der Waals surface area contributed by atoms with Crippen LogP contribution in [0.3, 0.4) is 0 Å². The van der Waals surface area contributed by atoms with Crippen LogP contribution >= 0.6 is 0 Å². The molecule has 2 saturated heterocycles. The summed E-state index contributed by atoms with van der Waals surface area (Å²) in [4.78, 5) is 24.8. The van der Waals surface area contributed by atoms with Crippen molar-refractivity contribution in [3.8, 4) is 6.07 Å². The van der Waals surface area contributed by atoms with E-state index in [0.717, 1.165) is 25.9 Å². The van der Waals surface area contributed by atoms with E-state index in [1.165, 1.54) is 0 Å². The molecule has 1 unspecified atom stereocenters. The van der Waals surface area contributed by atoms with Gasteiger partial charge >= 0.3 is 0 Å². The third-order valence-electron chi connectivity index (χ3n) is 4.50. The molecule has 7 heteroatoms. The van der Waals surface area contributed by atoms with Crippen molar-refractivity contribution >= 4 is 11.9 Å². The minimum Gasteiger partial charge on any atom is -0.378 e. The minimum atomic E-state index is -1.39. The number of amides is 1. The van der Waals surface area contributed by atoms with Crippen LogP contribution in [0.4, 0.5) is 5.95 Å². The Labute approximate surface area is 135 Å². The van der Waals surface area contributed by atoms with E-state index in [1.807, 2.05) is 11.0 Å². The van der Waals surface area contributed by atoms with Gasteiger partial charge in [0.15, 0.2) is 5.60 Å². The van der Waals surface area contributed by atoms with Gasteiger partial charge in [0.25, 0.3) is 5.91 Å². The van der Waals surface area contributed by atoms with Crippen LogP contribution in [0.25, 0.3) is 0 Å². The van der Waals surface area contributed by atoms with Crippen LogP contribution in [0.5, 0.6) is 0 Å². The van der Waals surface area contributed by atoms with Crippen LogP contribution in [0.2, 0.25) is 0 Å². The van der Waals surface area contributed by atoms with Crippen LogP contribution in [-0.2, 0) is 4.79 Å². The molecule has 0 spiro atoms. The maximum absolute atomic E-state index is 12.6. The average Bonchev–Trinajstić information content (AvgIpc) is 3.08. The number of aliphatic hydroxyl groups is 1. The van der Waals surface area contributed by atoms with Crippen LogP contribution in [0.15, 0.2) is 6.07 Å². The molecule has 1 aromatic rings. The molecule has 1 aromatic heterocycles. The molecule has 3 rings (SSSR count). The molecule has 1 N–H and O–H groups in total. The molecule has 2 aliphatic heterocycles. The average molecular weight is 315 g/mol. The van der Waals surface area contributed by atoms with Crippen LogP contribution in [0, 0.1) is 18.3 Å². The highest BCUT2D eigenvalue weighted by Gasteiger charge is 2.43. The van der Waals surface area contributed by atoms with Gasteiger partial charge in [-0.25, -0.2) is 9.97 Å². The second kappa shape index (κ2) is 6.13. The van der Waals surface area contributed by atoms with E-state index in [2.05, 4.69) is 9.97 Å². The number of anilines is 1. The van der Waals surface area contributed by atoms with Crippen molar-refractivity contribution < 1.29 is 9.90 Å². The molecule has 3 heterocycles. The second-order valence-corrected chi connectivity index (χ2v) is 6.36. The number of hydrogen-bond acceptors (Lipinski definition) is 6. The maximum Gasteiger partial charge on any atom is 0.256 e. The van der Waals surface area contributed by atoms with Crippen LogP contribution in [0.1, 0.15) is 37.1 Å². The van der Waals surface area contributed by atoms with Crippen molar-refractivity contribution in [2.45, 2.75) is 38.2 Å². The fourth-order valence-electron chi connectivity index (χ4n) is 3.35.